The third-order valence-electron chi connectivity index (χ3n) is 26.1. The zero-order chi connectivity index (χ0) is 95.5. The van der Waals surface area contributed by atoms with Gasteiger partial charge in [-0.3, -0.25) is 33.6 Å². The number of esters is 7. The topological polar surface area (TPSA) is 184 Å². The molecule has 0 radical (unpaired) electrons. The Kier molecular flexibility index (Phi) is 52.8. The fourth-order valence-corrected chi connectivity index (χ4v) is 15.0. The molecule has 14 nitrogen and oxygen atoms in total. The van der Waals surface area contributed by atoms with Crippen molar-refractivity contribution in [1.82, 2.24) is 0 Å². The van der Waals surface area contributed by atoms with E-state index < -0.39 is 16.2 Å². The molecule has 0 aromatic heterocycles. The molecule has 0 N–H and O–H groups in total. The van der Waals surface area contributed by atoms with Crippen molar-refractivity contribution < 1.29 is 66.7 Å². The molecule has 0 saturated heterocycles. The molecule has 0 bridgehead atoms. The summed E-state index contributed by atoms with van der Waals surface area (Å²) in [6.45, 7) is 46.0. The lowest BCUT2D eigenvalue weighted by molar-refractivity contribution is -0.163. The van der Waals surface area contributed by atoms with Gasteiger partial charge in [0.1, 0.15) is 42.7 Å². The second-order valence-electron chi connectivity index (χ2n) is 38.4. The van der Waals surface area contributed by atoms with Crippen LogP contribution in [0.15, 0.2) is 212 Å². The zero-order valence-corrected chi connectivity index (χ0v) is 83.6. The van der Waals surface area contributed by atoms with Crippen molar-refractivity contribution in [2.75, 3.05) is 0 Å². The minimum atomic E-state index is -0.415. The van der Waals surface area contributed by atoms with Crippen LogP contribution in [0.1, 0.15) is 395 Å². The molecule has 3 aliphatic rings. The molecule has 712 valence electrons. The van der Waals surface area contributed by atoms with Crippen molar-refractivity contribution in [2.45, 2.75) is 356 Å². The fraction of sp³-hybridized carbons (Fsp3) is 0.574. The average Bonchev–Trinajstić information content (AvgIpc) is 1.61. The first-order valence-electron chi connectivity index (χ1n) is 49.4. The Morgan fingerprint density at radius 2 is 0.481 bits per heavy atom. The van der Waals surface area contributed by atoms with Crippen LogP contribution in [0.4, 0.5) is 0 Å². The van der Waals surface area contributed by atoms with Gasteiger partial charge in [-0.1, -0.05) is 388 Å². The number of hydrogen-bond acceptors (Lipinski definition) is 14. The van der Waals surface area contributed by atoms with E-state index in [1.165, 1.54) is 83.5 Å². The van der Waals surface area contributed by atoms with E-state index >= 15 is 0 Å². The molecule has 3 aliphatic carbocycles. The van der Waals surface area contributed by atoms with Gasteiger partial charge in [-0.05, 0) is 189 Å². The summed E-state index contributed by atoms with van der Waals surface area (Å²) >= 11 is 0. The molecule has 0 amide bonds. The van der Waals surface area contributed by atoms with Crippen LogP contribution in [-0.2, 0) is 66.7 Å². The number of carbonyl (C=O) groups is 7. The Morgan fingerprint density at radius 3 is 0.744 bits per heavy atom. The minimum Gasteiger partial charge on any atom is -0.457 e. The van der Waals surface area contributed by atoms with Crippen LogP contribution in [0.5, 0.6) is 0 Å². The Bertz CT molecular complexity index is 4130. The molecule has 10 rings (SSSR count). The van der Waals surface area contributed by atoms with Gasteiger partial charge in [-0.2, -0.15) is 0 Å². The van der Waals surface area contributed by atoms with Crippen LogP contribution in [0.2, 0.25) is 0 Å². The smallest absolute Gasteiger partial charge is 0.312 e. The van der Waals surface area contributed by atoms with Gasteiger partial charge < -0.3 is 33.2 Å². The van der Waals surface area contributed by atoms with Gasteiger partial charge in [0.05, 0.1) is 39.9 Å². The molecule has 11 unspecified atom stereocenters. The van der Waals surface area contributed by atoms with E-state index in [9.17, 15) is 33.6 Å². The van der Waals surface area contributed by atoms with Crippen molar-refractivity contribution in [3.8, 4) is 0 Å². The Balaban J connectivity index is 0.000000315. The van der Waals surface area contributed by atoms with Gasteiger partial charge in [0.2, 0.25) is 0 Å². The predicted octanol–water partition coefficient (Wildman–Crippen LogP) is 31.3. The second-order valence-corrected chi connectivity index (χ2v) is 38.4. The standard InChI is InChI=1S/2C18H26O2.C17H24O2.2C16H24O2.2C15H22O2/c1-4-18(2,3)17(19)20-16(15-12-8-9-13-15)14-10-6-5-7-11-14;1-3-14(2)18(19)20-17(15-10-6-4-7-11-15)16-12-8-5-9-13-16;1-3-13(2)17(18)19-16(15-11-7-8-12-15)14-9-5-4-6-10-14;1-6-16(4,5)15(17)18-14(12(2)3)13-10-8-7-9-11-13;1-5-10-14(13-11-8-7-9-12-13)18-15(17)16(3,4)6-2;1-5-12(4)15(16)17-14(11(2)3)13-9-7-6-8-10-13;1-4-9-14(13-10-7-6-8-11-13)17-15(16)12(3)5-2/h5-7,10-11,15-16H,4,8-9,12-13H2,1-3H3;4,6-7,10-11,14,16-17H,3,5,8-9,12-13H2,1-2H3;4-6,9-10,13,15-16H,3,7-8,11-12H2,1-2H3;7-12,14H,6H2,1-5H3;7-9,11-12,14H,5-6,10H2,1-4H3;6-12,14H,5H2,1-4H3;6-8,10-12,14H,4-5,9H2,1-3H3. The van der Waals surface area contributed by atoms with Crippen LogP contribution in [0.3, 0.4) is 0 Å². The summed E-state index contributed by atoms with van der Waals surface area (Å²) in [7, 11) is 0. The Labute approximate surface area is 780 Å². The summed E-state index contributed by atoms with van der Waals surface area (Å²) in [5, 5.41) is 0. The van der Waals surface area contributed by atoms with Crippen LogP contribution < -0.4 is 0 Å². The summed E-state index contributed by atoms with van der Waals surface area (Å²) in [5.74, 6) is 1.37. The highest BCUT2D eigenvalue weighted by atomic mass is 16.6. The number of ether oxygens (including phenoxy) is 7. The molecule has 3 saturated carbocycles. The minimum absolute atomic E-state index is 0.00684. The van der Waals surface area contributed by atoms with E-state index in [1.807, 2.05) is 294 Å². The zero-order valence-electron chi connectivity index (χ0n) is 83.6. The van der Waals surface area contributed by atoms with E-state index in [4.69, 9.17) is 33.2 Å². The summed E-state index contributed by atoms with van der Waals surface area (Å²) in [6, 6.07) is 70.5. The molecule has 11 atom stereocenters. The van der Waals surface area contributed by atoms with Crippen molar-refractivity contribution in [1.29, 1.82) is 0 Å². The average molecular weight is 1770 g/mol. The number of carbonyl (C=O) groups excluding carboxylic acids is 7. The van der Waals surface area contributed by atoms with Crippen molar-refractivity contribution in [3.05, 3.63) is 251 Å². The molecular weight excluding hydrogens is 1610 g/mol. The highest BCUT2D eigenvalue weighted by molar-refractivity contribution is 5.78. The van der Waals surface area contributed by atoms with Crippen molar-refractivity contribution in [3.63, 3.8) is 0 Å². The molecule has 14 heteroatoms. The number of hydrogen-bond donors (Lipinski definition) is 0. The van der Waals surface area contributed by atoms with Gasteiger partial charge in [0, 0.05) is 17.8 Å². The van der Waals surface area contributed by atoms with Crippen LogP contribution in [0.25, 0.3) is 0 Å². The monoisotopic (exact) mass is 1770 g/mol. The number of benzene rings is 7. The first kappa shape index (κ1) is 112. The molecule has 7 aromatic rings. The lowest BCUT2D eigenvalue weighted by Gasteiger charge is -2.31. The predicted molar refractivity (Wildman–Crippen MR) is 527 cm³/mol. The van der Waals surface area contributed by atoms with Crippen molar-refractivity contribution >= 4 is 41.8 Å². The molecule has 0 heterocycles. The Morgan fingerprint density at radius 1 is 0.264 bits per heavy atom. The lowest BCUT2D eigenvalue weighted by atomic mass is 9.82. The number of rotatable bonds is 37. The quantitative estimate of drug-likeness (QED) is 0.0265. The van der Waals surface area contributed by atoms with Gasteiger partial charge in [0.25, 0.3) is 0 Å². The molecule has 0 aliphatic heterocycles. The summed E-state index contributed by atoms with van der Waals surface area (Å²) in [4.78, 5) is 84.6. The van der Waals surface area contributed by atoms with Gasteiger partial charge in [-0.25, -0.2) is 0 Å². The molecular formula is C115H168O14. The normalized spacial score (nSPS) is 16.0. The lowest BCUT2D eigenvalue weighted by Crippen LogP contribution is -2.29. The summed E-state index contributed by atoms with van der Waals surface area (Å²) < 4.78 is 40.3. The largest absolute Gasteiger partial charge is 0.457 e. The first-order valence-corrected chi connectivity index (χ1v) is 49.4. The highest BCUT2D eigenvalue weighted by Gasteiger charge is 2.38. The molecule has 0 spiro atoms. The third-order valence-corrected chi connectivity index (χ3v) is 26.1. The molecule has 7 aromatic carbocycles. The third kappa shape index (κ3) is 39.8. The van der Waals surface area contributed by atoms with Crippen LogP contribution in [0, 0.1) is 69.5 Å². The van der Waals surface area contributed by atoms with Crippen LogP contribution in [-0.4, -0.2) is 41.8 Å². The van der Waals surface area contributed by atoms with E-state index in [1.54, 1.807) is 0 Å². The summed E-state index contributed by atoms with van der Waals surface area (Å²) in [5.41, 5.74) is 6.52. The van der Waals surface area contributed by atoms with Gasteiger partial charge in [0.15, 0.2) is 0 Å². The van der Waals surface area contributed by atoms with E-state index in [0.717, 1.165) is 110 Å². The van der Waals surface area contributed by atoms with E-state index in [-0.39, 0.29) is 120 Å². The molecule has 3 fully saturated rings. The first-order chi connectivity index (χ1) is 61.6. The maximum absolute atomic E-state index is 12.4. The van der Waals surface area contributed by atoms with Crippen LogP contribution >= 0.6 is 0 Å². The van der Waals surface area contributed by atoms with Gasteiger partial charge >= 0.3 is 41.8 Å². The summed E-state index contributed by atoms with van der Waals surface area (Å²) in [6.07, 6.45) is 24.6. The SMILES string of the molecule is CCC(C)(C)C(=O)OC(c1ccccc1)C(C)C.CCC(C)(C)C(=O)OC(c1ccccc1)C1CCCC1.CCC(C)C(=O)OC(c1ccccc1)C(C)C.CCC(C)C(=O)OC(c1ccccc1)C1CCCC1.CCC(C)C(=O)OC(c1ccccc1)C1CCCCC1.CCCC(OC(=O)C(C)(C)CC)c1ccccc1.CCCC(OC(=O)C(C)CC)c1ccccc1. The molecule has 129 heavy (non-hydrogen) atoms. The van der Waals surface area contributed by atoms with Crippen molar-refractivity contribution in [2.24, 2.45) is 69.5 Å². The maximum atomic E-state index is 12.4. The van der Waals surface area contributed by atoms with E-state index in [2.05, 4.69) is 77.9 Å². The second kappa shape index (κ2) is 60.7. The highest BCUT2D eigenvalue weighted by Crippen LogP contribution is 2.43. The fourth-order valence-electron chi connectivity index (χ4n) is 15.0. The van der Waals surface area contributed by atoms with E-state index in [0.29, 0.717) is 17.8 Å². The maximum Gasteiger partial charge on any atom is 0.312 e. The Hall–Kier alpha value is -9.17. The van der Waals surface area contributed by atoms with Gasteiger partial charge in [-0.15, -0.1) is 0 Å².